The van der Waals surface area contributed by atoms with Crippen molar-refractivity contribution in [1.29, 1.82) is 0 Å². The zero-order valence-corrected chi connectivity index (χ0v) is 34.8. The smallest absolute Gasteiger partial charge is 0.205 e. The average Bonchev–Trinajstić information content (AvgIpc) is 3.88. The van der Waals surface area contributed by atoms with Gasteiger partial charge >= 0.3 is 0 Å². The molecule has 2 fully saturated rings. The number of nitrogens with two attached hydrogens (primary N) is 1. The number of rotatable bonds is 12. The Morgan fingerprint density at radius 3 is 1.80 bits per heavy atom. The first-order valence-electron chi connectivity index (χ1n) is 19.1. The topological polar surface area (TPSA) is 127 Å². The number of hydrogen-bond donors (Lipinski definition) is 3. The molecule has 290 valence electrons. The minimum Gasteiger partial charge on any atom is -0.492 e. The first-order chi connectivity index (χ1) is 26.8. The SMILES string of the molecule is Cn1ncc(Br)c1-c1cc(N)ccc1OCCN1CCCCC1.Cn1ncc(Br)c1-c1cc(Nc2nc3ccccc3[nH]2)ccc1OCCN1CCCCC1. The molecular formula is C41H50Br2N10O2. The van der Waals surface area contributed by atoms with Crippen LogP contribution in [0.5, 0.6) is 11.5 Å². The largest absolute Gasteiger partial charge is 0.492 e. The number of ether oxygens (including phenoxy) is 2. The van der Waals surface area contributed by atoms with Crippen LogP contribution in [-0.2, 0) is 14.1 Å². The number of halogens is 2. The number of piperidine rings is 2. The molecule has 0 unspecified atom stereocenters. The fourth-order valence-corrected chi connectivity index (χ4v) is 8.41. The van der Waals surface area contributed by atoms with Gasteiger partial charge in [-0.15, -0.1) is 0 Å². The van der Waals surface area contributed by atoms with Crippen molar-refractivity contribution >= 4 is 60.2 Å². The van der Waals surface area contributed by atoms with Gasteiger partial charge in [-0.05, 0) is 132 Å². The van der Waals surface area contributed by atoms with Crippen LogP contribution in [0.3, 0.4) is 0 Å². The molecular weight excluding hydrogens is 824 g/mol. The van der Waals surface area contributed by atoms with Crippen molar-refractivity contribution < 1.29 is 9.47 Å². The lowest BCUT2D eigenvalue weighted by Gasteiger charge is -2.26. The van der Waals surface area contributed by atoms with Gasteiger partial charge in [0.05, 0.1) is 43.8 Å². The quantitative estimate of drug-likeness (QED) is 0.104. The Labute approximate surface area is 339 Å². The second kappa shape index (κ2) is 18.5. The number of nitrogens with zero attached hydrogens (tertiary/aromatic N) is 7. The highest BCUT2D eigenvalue weighted by Crippen LogP contribution is 2.38. The lowest BCUT2D eigenvalue weighted by molar-refractivity contribution is 0.183. The average molecular weight is 875 g/mol. The van der Waals surface area contributed by atoms with Gasteiger partial charge < -0.3 is 25.5 Å². The lowest BCUT2D eigenvalue weighted by Crippen LogP contribution is -2.33. The maximum Gasteiger partial charge on any atom is 0.205 e. The molecule has 5 heterocycles. The summed E-state index contributed by atoms with van der Waals surface area (Å²) in [5.74, 6) is 2.40. The predicted octanol–water partition coefficient (Wildman–Crippen LogP) is 8.63. The van der Waals surface area contributed by atoms with Crippen LogP contribution in [0, 0.1) is 0 Å². The van der Waals surface area contributed by atoms with E-state index in [-0.39, 0.29) is 0 Å². The van der Waals surface area contributed by atoms with Gasteiger partial charge in [0.25, 0.3) is 0 Å². The number of anilines is 3. The zero-order valence-electron chi connectivity index (χ0n) is 31.6. The lowest BCUT2D eigenvalue weighted by atomic mass is 10.1. The minimum atomic E-state index is 0.665. The number of para-hydroxylation sites is 2. The number of nitrogens with one attached hydrogen (secondary N) is 2. The van der Waals surface area contributed by atoms with E-state index < -0.39 is 0 Å². The van der Waals surface area contributed by atoms with E-state index in [1.54, 1.807) is 6.20 Å². The Bertz CT molecular complexity index is 2100. The van der Waals surface area contributed by atoms with Crippen LogP contribution < -0.4 is 20.5 Å². The van der Waals surface area contributed by atoms with Crippen LogP contribution in [0.25, 0.3) is 33.5 Å². The van der Waals surface area contributed by atoms with Crippen LogP contribution in [-0.4, -0.2) is 91.8 Å². The zero-order chi connectivity index (χ0) is 38.1. The monoisotopic (exact) mass is 872 g/mol. The third-order valence-electron chi connectivity index (χ3n) is 10.2. The van der Waals surface area contributed by atoms with Gasteiger partial charge in [0, 0.05) is 49.7 Å². The van der Waals surface area contributed by atoms with Crippen molar-refractivity contribution in [3.63, 3.8) is 0 Å². The van der Waals surface area contributed by atoms with Crippen LogP contribution in [0.4, 0.5) is 17.3 Å². The van der Waals surface area contributed by atoms with Gasteiger partial charge in [-0.25, -0.2) is 4.98 Å². The number of likely N-dealkylation sites (tertiary alicyclic amines) is 2. The summed E-state index contributed by atoms with van der Waals surface area (Å²) in [6.45, 7) is 7.98. The number of nitrogen functional groups attached to an aromatic ring is 1. The summed E-state index contributed by atoms with van der Waals surface area (Å²) in [6.07, 6.45) is 11.5. The number of aromatic amines is 1. The number of benzene rings is 3. The number of fused-ring (bicyclic) bond motifs is 1. The number of aromatic nitrogens is 6. The summed E-state index contributed by atoms with van der Waals surface area (Å²) in [5.41, 5.74) is 13.5. The molecule has 0 aliphatic carbocycles. The number of H-pyrrole nitrogens is 1. The van der Waals surface area contributed by atoms with Gasteiger partial charge in [-0.3, -0.25) is 19.2 Å². The van der Waals surface area contributed by atoms with Gasteiger partial charge in [0.1, 0.15) is 24.7 Å². The van der Waals surface area contributed by atoms with Crippen LogP contribution in [0.2, 0.25) is 0 Å². The molecule has 2 aliphatic rings. The number of imidazole rings is 1. The van der Waals surface area contributed by atoms with Gasteiger partial charge in [-0.2, -0.15) is 10.2 Å². The van der Waals surface area contributed by atoms with E-state index in [1.807, 2.05) is 84.3 Å². The van der Waals surface area contributed by atoms with Crippen molar-refractivity contribution in [2.24, 2.45) is 14.1 Å². The van der Waals surface area contributed by atoms with Crippen LogP contribution >= 0.6 is 31.9 Å². The standard InChI is InChI=1S/C24H27BrN6O.C17H23BrN4O/c1-30-23(19(25)16-26-30)18-15-17(27-24-28-20-7-3-4-8-21(20)29-24)9-10-22(18)32-14-13-31-11-5-2-6-12-31;1-21-17(15(18)12-20-21)14-11-13(19)5-6-16(14)23-10-9-22-7-3-2-4-8-22/h3-4,7-10,15-16H,2,5-6,11-14H2,1H3,(H2,27,28,29);5-6,11-12H,2-4,7-10,19H2,1H3. The molecule has 6 aromatic rings. The summed E-state index contributed by atoms with van der Waals surface area (Å²) in [7, 11) is 3.86. The second-order valence-electron chi connectivity index (χ2n) is 14.1. The maximum absolute atomic E-state index is 6.27. The van der Waals surface area contributed by atoms with Crippen molar-refractivity contribution in [1.82, 2.24) is 39.3 Å². The van der Waals surface area contributed by atoms with E-state index in [0.717, 1.165) is 78.5 Å². The molecule has 4 N–H and O–H groups in total. The van der Waals surface area contributed by atoms with Gasteiger partial charge in [-0.1, -0.05) is 25.0 Å². The molecule has 8 rings (SSSR count). The second-order valence-corrected chi connectivity index (χ2v) is 15.8. The summed E-state index contributed by atoms with van der Waals surface area (Å²) in [4.78, 5) is 12.9. The van der Waals surface area contributed by atoms with Crippen LogP contribution in [0.15, 0.2) is 82.0 Å². The minimum absolute atomic E-state index is 0.665. The number of aryl methyl sites for hydroxylation is 2. The third kappa shape index (κ3) is 9.90. The summed E-state index contributed by atoms with van der Waals surface area (Å²) in [5, 5.41) is 12.1. The summed E-state index contributed by atoms with van der Waals surface area (Å²) >= 11 is 7.20. The summed E-state index contributed by atoms with van der Waals surface area (Å²) in [6, 6.07) is 19.9. The van der Waals surface area contributed by atoms with E-state index in [0.29, 0.717) is 19.2 Å². The van der Waals surface area contributed by atoms with Crippen LogP contribution in [0.1, 0.15) is 38.5 Å². The van der Waals surface area contributed by atoms with Crippen molar-refractivity contribution in [2.75, 3.05) is 63.5 Å². The van der Waals surface area contributed by atoms with Crippen molar-refractivity contribution in [3.8, 4) is 34.0 Å². The fourth-order valence-electron chi connectivity index (χ4n) is 7.29. The van der Waals surface area contributed by atoms with E-state index >= 15 is 0 Å². The first kappa shape index (κ1) is 38.9. The van der Waals surface area contributed by atoms with E-state index in [9.17, 15) is 0 Å². The fraction of sp³-hybridized carbons (Fsp3) is 0.390. The van der Waals surface area contributed by atoms with E-state index in [1.165, 1.54) is 64.7 Å². The van der Waals surface area contributed by atoms with Gasteiger partial charge in [0.2, 0.25) is 5.95 Å². The predicted molar refractivity (Wildman–Crippen MR) is 228 cm³/mol. The highest BCUT2D eigenvalue weighted by molar-refractivity contribution is 9.11. The molecule has 0 spiro atoms. The third-order valence-corrected chi connectivity index (χ3v) is 11.3. The molecule has 55 heavy (non-hydrogen) atoms. The molecule has 3 aromatic carbocycles. The Morgan fingerprint density at radius 2 is 1.25 bits per heavy atom. The molecule has 0 amide bonds. The molecule has 12 nitrogen and oxygen atoms in total. The highest BCUT2D eigenvalue weighted by Gasteiger charge is 2.18. The molecule has 3 aromatic heterocycles. The first-order valence-corrected chi connectivity index (χ1v) is 20.7. The Balaban J connectivity index is 0.000000179. The van der Waals surface area contributed by atoms with E-state index in [4.69, 9.17) is 15.2 Å². The highest BCUT2D eigenvalue weighted by atomic mass is 79.9. The molecule has 0 atom stereocenters. The number of hydrogen-bond acceptors (Lipinski definition) is 9. The molecule has 0 radical (unpaired) electrons. The molecule has 0 saturated carbocycles. The molecule has 14 heteroatoms. The van der Waals surface area contributed by atoms with Crippen molar-refractivity contribution in [3.05, 3.63) is 82.0 Å². The Morgan fingerprint density at radius 1 is 0.709 bits per heavy atom. The molecule has 2 saturated heterocycles. The normalized spacial score (nSPS) is 15.1. The Kier molecular flexibility index (Phi) is 13.1. The van der Waals surface area contributed by atoms with E-state index in [2.05, 4.69) is 73.2 Å². The maximum atomic E-state index is 6.27. The summed E-state index contributed by atoms with van der Waals surface area (Å²) < 4.78 is 17.9. The molecule has 0 bridgehead atoms. The Hall–Kier alpha value is -4.37. The van der Waals surface area contributed by atoms with Crippen molar-refractivity contribution in [2.45, 2.75) is 38.5 Å². The molecule has 2 aliphatic heterocycles. The van der Waals surface area contributed by atoms with Gasteiger partial charge in [0.15, 0.2) is 0 Å².